The number of nitrogens with zero attached hydrogens (tertiary/aromatic N) is 3. The monoisotopic (exact) mass is 314 g/mol. The van der Waals surface area contributed by atoms with Gasteiger partial charge >= 0.3 is 0 Å². The summed E-state index contributed by atoms with van der Waals surface area (Å²) < 4.78 is 8.67. The molecule has 0 radical (unpaired) electrons. The number of ether oxygens (including phenoxy) is 2. The van der Waals surface area contributed by atoms with Gasteiger partial charge in [-0.1, -0.05) is 53.8 Å². The van der Waals surface area contributed by atoms with Crippen molar-refractivity contribution in [2.24, 2.45) is 17.0 Å². The van der Waals surface area contributed by atoms with Crippen LogP contribution >= 0.6 is 34.8 Å². The predicted molar refractivity (Wildman–Crippen MR) is 70.1 cm³/mol. The van der Waals surface area contributed by atoms with Gasteiger partial charge in [-0.2, -0.15) is 0 Å². The molecular formula is C9H13Cl3N4O2. The van der Waals surface area contributed by atoms with E-state index in [1.807, 2.05) is 13.8 Å². The van der Waals surface area contributed by atoms with Gasteiger partial charge in [0.25, 0.3) is 3.79 Å². The van der Waals surface area contributed by atoms with Gasteiger partial charge in [0, 0.05) is 10.8 Å². The van der Waals surface area contributed by atoms with Gasteiger partial charge in [0.05, 0.1) is 12.6 Å². The first-order valence-corrected chi connectivity index (χ1v) is 6.39. The zero-order valence-electron chi connectivity index (χ0n) is 9.81. The molecule has 1 aliphatic heterocycles. The molecule has 6 nitrogen and oxygen atoms in total. The molecule has 1 fully saturated rings. The summed E-state index contributed by atoms with van der Waals surface area (Å²) in [5.74, 6) is -0.538. The van der Waals surface area contributed by atoms with Crippen molar-refractivity contribution in [2.75, 3.05) is 6.61 Å². The normalized spacial score (nSPS) is 32.5. The van der Waals surface area contributed by atoms with Crippen LogP contribution in [0.25, 0.3) is 10.4 Å². The Morgan fingerprint density at radius 2 is 2.06 bits per heavy atom. The molecule has 1 heterocycles. The smallest absolute Gasteiger partial charge is 0.265 e. The highest BCUT2D eigenvalue weighted by atomic mass is 35.6. The second kappa shape index (κ2) is 6.17. The van der Waals surface area contributed by atoms with E-state index in [0.717, 1.165) is 0 Å². The summed E-state index contributed by atoms with van der Waals surface area (Å²) >= 11 is 16.6. The first kappa shape index (κ1) is 15.7. The predicted octanol–water partition coefficient (Wildman–Crippen LogP) is 3.66. The molecule has 4 atom stereocenters. The number of azide groups is 1. The molecule has 0 saturated carbocycles. The number of hydrogen-bond acceptors (Lipinski definition) is 4. The fourth-order valence-corrected chi connectivity index (χ4v) is 1.76. The summed E-state index contributed by atoms with van der Waals surface area (Å²) in [7, 11) is 0. The fraction of sp³-hybridized carbons (Fsp3) is 0.889. The average molecular weight is 316 g/mol. The number of hydrogen-bond donors (Lipinski definition) is 1. The van der Waals surface area contributed by atoms with Crippen LogP contribution in [0.2, 0.25) is 0 Å². The molecule has 9 heteroatoms. The molecule has 18 heavy (non-hydrogen) atoms. The lowest BCUT2D eigenvalue weighted by atomic mass is 9.87. The molecular weight excluding hydrogens is 302 g/mol. The minimum absolute atomic E-state index is 0.0443. The Morgan fingerprint density at radius 3 is 2.56 bits per heavy atom. The highest BCUT2D eigenvalue weighted by Gasteiger charge is 2.39. The molecule has 0 amide bonds. The molecule has 0 aliphatic carbocycles. The molecule has 1 saturated heterocycles. The third-order valence-corrected chi connectivity index (χ3v) is 3.50. The van der Waals surface area contributed by atoms with Crippen molar-refractivity contribution < 1.29 is 9.47 Å². The van der Waals surface area contributed by atoms with Crippen LogP contribution in [-0.2, 0) is 9.47 Å². The van der Waals surface area contributed by atoms with Crippen molar-refractivity contribution in [3.05, 3.63) is 10.4 Å². The van der Waals surface area contributed by atoms with Crippen LogP contribution in [0.1, 0.15) is 13.8 Å². The van der Waals surface area contributed by atoms with Crippen molar-refractivity contribution in [1.29, 1.82) is 5.41 Å². The maximum absolute atomic E-state index is 8.43. The van der Waals surface area contributed by atoms with Crippen molar-refractivity contribution in [2.45, 2.75) is 30.0 Å². The van der Waals surface area contributed by atoms with Gasteiger partial charge in [0.2, 0.25) is 12.2 Å². The Hall–Kier alpha value is -0.390. The molecule has 102 valence electrons. The van der Waals surface area contributed by atoms with Crippen molar-refractivity contribution in [3.8, 4) is 0 Å². The van der Waals surface area contributed by atoms with Gasteiger partial charge in [-0.3, -0.25) is 5.41 Å². The zero-order valence-corrected chi connectivity index (χ0v) is 12.1. The second-order valence-electron chi connectivity index (χ2n) is 4.14. The van der Waals surface area contributed by atoms with Crippen LogP contribution in [0.5, 0.6) is 0 Å². The maximum atomic E-state index is 8.43. The zero-order chi connectivity index (χ0) is 13.9. The van der Waals surface area contributed by atoms with E-state index in [9.17, 15) is 0 Å². The Balaban J connectivity index is 2.66. The van der Waals surface area contributed by atoms with E-state index in [1.54, 1.807) is 0 Å². The molecule has 0 bridgehead atoms. The number of rotatable bonds is 2. The fourth-order valence-electron chi connectivity index (χ4n) is 1.62. The summed E-state index contributed by atoms with van der Waals surface area (Å²) in [5, 5.41) is 11.1. The lowest BCUT2D eigenvalue weighted by molar-refractivity contribution is -0.167. The van der Waals surface area contributed by atoms with Crippen molar-refractivity contribution in [3.63, 3.8) is 0 Å². The molecule has 1 aliphatic rings. The van der Waals surface area contributed by atoms with E-state index >= 15 is 0 Å². The number of alkyl halides is 3. The van der Waals surface area contributed by atoms with Crippen molar-refractivity contribution >= 4 is 40.7 Å². The standard InChI is InChI=1S/C9H13Cl3N4O2/c1-4-5(2)7(17-3-6(4)15-16-14)18-8(13)9(10,11)12/h4-7,13H,3H2,1-2H3/t4-,5+,6+,7?/m1/s1. The Kier molecular flexibility index (Phi) is 5.37. The highest BCUT2D eigenvalue weighted by Crippen LogP contribution is 2.33. The minimum atomic E-state index is -1.91. The highest BCUT2D eigenvalue weighted by molar-refractivity contribution is 6.76. The average Bonchev–Trinajstić information content (AvgIpc) is 2.27. The largest absolute Gasteiger partial charge is 0.448 e. The molecule has 0 spiro atoms. The topological polar surface area (TPSA) is 91.1 Å². The molecule has 1 unspecified atom stereocenters. The van der Waals surface area contributed by atoms with Gasteiger partial charge in [-0.15, -0.1) is 0 Å². The van der Waals surface area contributed by atoms with Crippen LogP contribution in [0.15, 0.2) is 5.11 Å². The van der Waals surface area contributed by atoms with Gasteiger partial charge in [-0.05, 0) is 11.4 Å². The third-order valence-electron chi connectivity index (χ3n) is 2.99. The number of nitrogens with one attached hydrogen (secondary N) is 1. The van der Waals surface area contributed by atoms with Crippen LogP contribution in [-0.4, -0.2) is 28.6 Å². The Bertz CT molecular complexity index is 367. The summed E-state index contributed by atoms with van der Waals surface area (Å²) in [4.78, 5) is 2.77. The lowest BCUT2D eigenvalue weighted by Crippen LogP contribution is -2.45. The SMILES string of the molecule is C[C@H]1[C@@H](N=[N+]=[N-])COC(OC(=N)C(Cl)(Cl)Cl)[C@H]1C. The van der Waals surface area contributed by atoms with E-state index in [1.165, 1.54) is 0 Å². The second-order valence-corrected chi connectivity index (χ2v) is 6.42. The van der Waals surface area contributed by atoms with Gasteiger partial charge in [0.15, 0.2) is 0 Å². The van der Waals surface area contributed by atoms with E-state index in [0.29, 0.717) is 0 Å². The van der Waals surface area contributed by atoms with E-state index in [2.05, 4.69) is 10.0 Å². The van der Waals surface area contributed by atoms with Crippen LogP contribution in [0.3, 0.4) is 0 Å². The molecule has 0 aromatic heterocycles. The first-order valence-electron chi connectivity index (χ1n) is 5.25. The summed E-state index contributed by atoms with van der Waals surface area (Å²) in [6, 6.07) is -0.258. The van der Waals surface area contributed by atoms with Crippen LogP contribution in [0, 0.1) is 17.2 Å². The number of halogens is 3. The molecule has 1 N–H and O–H groups in total. The van der Waals surface area contributed by atoms with E-state index < -0.39 is 16.0 Å². The van der Waals surface area contributed by atoms with Gasteiger partial charge in [-0.25, -0.2) is 0 Å². The molecule has 0 aromatic rings. The van der Waals surface area contributed by atoms with Gasteiger partial charge in [0.1, 0.15) is 0 Å². The van der Waals surface area contributed by atoms with Crippen LogP contribution < -0.4 is 0 Å². The summed E-state index contributed by atoms with van der Waals surface area (Å²) in [5.41, 5.74) is 8.43. The third kappa shape index (κ3) is 3.80. The Morgan fingerprint density at radius 1 is 1.44 bits per heavy atom. The maximum Gasteiger partial charge on any atom is 0.265 e. The van der Waals surface area contributed by atoms with Crippen LogP contribution in [0.4, 0.5) is 0 Å². The molecule has 1 rings (SSSR count). The van der Waals surface area contributed by atoms with E-state index in [-0.39, 0.29) is 24.5 Å². The quantitative estimate of drug-likeness (QED) is 0.210. The van der Waals surface area contributed by atoms with E-state index in [4.69, 9.17) is 55.2 Å². The Labute approximate surface area is 120 Å². The summed E-state index contributed by atoms with van der Waals surface area (Å²) in [6.07, 6.45) is -0.687. The van der Waals surface area contributed by atoms with Crippen molar-refractivity contribution in [1.82, 2.24) is 0 Å². The first-order chi connectivity index (χ1) is 8.27. The lowest BCUT2D eigenvalue weighted by Gasteiger charge is -2.38. The summed E-state index contributed by atoms with van der Waals surface area (Å²) in [6.45, 7) is 4.00. The molecule has 0 aromatic carbocycles. The minimum Gasteiger partial charge on any atom is -0.448 e. The van der Waals surface area contributed by atoms with Gasteiger partial charge < -0.3 is 9.47 Å².